The Bertz CT molecular complexity index is 1140. The highest BCUT2D eigenvalue weighted by atomic mass is 19.4. The van der Waals surface area contributed by atoms with E-state index < -0.39 is 11.7 Å². The highest BCUT2D eigenvalue weighted by Crippen LogP contribution is 2.39. The van der Waals surface area contributed by atoms with Crippen molar-refractivity contribution in [3.05, 3.63) is 59.2 Å². The summed E-state index contributed by atoms with van der Waals surface area (Å²) in [6.07, 6.45) is 0.353. The molecule has 2 N–H and O–H groups in total. The molecule has 2 aromatic carbocycles. The van der Waals surface area contributed by atoms with Gasteiger partial charge in [0.15, 0.2) is 0 Å². The van der Waals surface area contributed by atoms with Gasteiger partial charge >= 0.3 is 6.18 Å². The Morgan fingerprint density at radius 1 is 0.867 bits per heavy atom. The SMILES string of the molecule is CCCCOc1cccc(CCNCC(=O)N(C)C)c1C(F)(F)F.CCCCOc1cccc(CCN[C@H](C)C(=O)N(C)C)c1. The summed E-state index contributed by atoms with van der Waals surface area (Å²) in [5.74, 6) is 0.783. The lowest BCUT2D eigenvalue weighted by molar-refractivity contribution is -0.139. The second-order valence-electron chi connectivity index (χ2n) is 11.2. The number of nitrogens with zero attached hydrogens (tertiary/aromatic N) is 2. The molecule has 11 heteroatoms. The summed E-state index contributed by atoms with van der Waals surface area (Å²) in [5.41, 5.74) is 0.671. The molecule has 0 spiro atoms. The maximum Gasteiger partial charge on any atom is 0.420 e. The minimum absolute atomic E-state index is 0.0983. The van der Waals surface area contributed by atoms with Gasteiger partial charge in [0.25, 0.3) is 0 Å². The molecule has 254 valence electrons. The van der Waals surface area contributed by atoms with Gasteiger partial charge in [-0.1, -0.05) is 51.0 Å². The van der Waals surface area contributed by atoms with E-state index in [0.717, 1.165) is 44.6 Å². The number of ether oxygens (including phenoxy) is 2. The topological polar surface area (TPSA) is 83.1 Å². The molecule has 0 radical (unpaired) electrons. The molecule has 0 saturated heterocycles. The van der Waals surface area contributed by atoms with E-state index in [0.29, 0.717) is 6.42 Å². The molecule has 0 aliphatic rings. The zero-order valence-electron chi connectivity index (χ0n) is 28.1. The van der Waals surface area contributed by atoms with Crippen molar-refractivity contribution in [2.45, 2.75) is 71.5 Å². The largest absolute Gasteiger partial charge is 0.494 e. The first-order valence-corrected chi connectivity index (χ1v) is 15.7. The van der Waals surface area contributed by atoms with Crippen LogP contribution in [-0.2, 0) is 28.6 Å². The van der Waals surface area contributed by atoms with Gasteiger partial charge < -0.3 is 29.9 Å². The van der Waals surface area contributed by atoms with Crippen LogP contribution in [0.3, 0.4) is 0 Å². The van der Waals surface area contributed by atoms with Crippen LogP contribution >= 0.6 is 0 Å². The zero-order chi connectivity index (χ0) is 33.8. The van der Waals surface area contributed by atoms with E-state index in [-0.39, 0.29) is 55.3 Å². The minimum Gasteiger partial charge on any atom is -0.494 e. The van der Waals surface area contributed by atoms with Gasteiger partial charge in [0, 0.05) is 28.2 Å². The van der Waals surface area contributed by atoms with E-state index in [4.69, 9.17) is 9.47 Å². The van der Waals surface area contributed by atoms with E-state index in [2.05, 4.69) is 29.7 Å². The fourth-order valence-electron chi connectivity index (χ4n) is 4.16. The third kappa shape index (κ3) is 16.0. The van der Waals surface area contributed by atoms with Gasteiger partial charge in [0.1, 0.15) is 17.1 Å². The van der Waals surface area contributed by atoms with Crippen LogP contribution < -0.4 is 20.1 Å². The van der Waals surface area contributed by atoms with Crippen molar-refractivity contribution in [1.82, 2.24) is 20.4 Å². The Hall–Kier alpha value is -3.31. The number of hydrogen-bond donors (Lipinski definition) is 2. The Morgan fingerprint density at radius 2 is 1.51 bits per heavy atom. The highest BCUT2D eigenvalue weighted by molar-refractivity contribution is 5.80. The molecule has 2 aromatic rings. The smallest absolute Gasteiger partial charge is 0.420 e. The van der Waals surface area contributed by atoms with Crippen molar-refractivity contribution in [2.75, 3.05) is 61.0 Å². The molecule has 0 fully saturated rings. The van der Waals surface area contributed by atoms with Crippen LogP contribution in [0.1, 0.15) is 63.1 Å². The number of alkyl halides is 3. The van der Waals surface area contributed by atoms with Gasteiger partial charge in [-0.05, 0) is 75.0 Å². The van der Waals surface area contributed by atoms with Gasteiger partial charge in [-0.25, -0.2) is 0 Å². The molecule has 0 aliphatic carbocycles. The summed E-state index contributed by atoms with van der Waals surface area (Å²) in [4.78, 5) is 26.2. The fourth-order valence-corrected chi connectivity index (χ4v) is 4.16. The maximum atomic E-state index is 13.4. The molecule has 1 atom stereocenters. The lowest BCUT2D eigenvalue weighted by atomic mass is 10.0. The second-order valence-corrected chi connectivity index (χ2v) is 11.2. The van der Waals surface area contributed by atoms with Crippen molar-refractivity contribution in [3.63, 3.8) is 0 Å². The number of carbonyl (C=O) groups is 2. The molecule has 0 heterocycles. The van der Waals surface area contributed by atoms with Crippen molar-refractivity contribution in [2.24, 2.45) is 0 Å². The number of unbranched alkanes of at least 4 members (excludes halogenated alkanes) is 2. The van der Waals surface area contributed by atoms with Gasteiger partial charge in [-0.3, -0.25) is 9.59 Å². The van der Waals surface area contributed by atoms with Crippen molar-refractivity contribution in [1.29, 1.82) is 0 Å². The summed E-state index contributed by atoms with van der Waals surface area (Å²) >= 11 is 0. The minimum atomic E-state index is -4.47. The number of amides is 2. The van der Waals surface area contributed by atoms with Gasteiger partial charge in [-0.2, -0.15) is 13.2 Å². The molecular weight excluding hydrogens is 585 g/mol. The molecule has 0 aromatic heterocycles. The van der Waals surface area contributed by atoms with Crippen LogP contribution in [0.15, 0.2) is 42.5 Å². The third-order valence-corrected chi connectivity index (χ3v) is 6.84. The Labute approximate surface area is 267 Å². The van der Waals surface area contributed by atoms with Crippen LogP contribution in [0, 0.1) is 0 Å². The second kappa shape index (κ2) is 21.4. The number of nitrogens with one attached hydrogen (secondary N) is 2. The number of carbonyl (C=O) groups excluding carboxylic acids is 2. The number of hydrogen-bond acceptors (Lipinski definition) is 6. The standard InChI is InChI=1S/C17H25F3N2O2.C17H28N2O2/c1-4-5-11-24-14-8-6-7-13(16(14)17(18,19)20)9-10-21-12-15(23)22(2)3;1-5-6-12-21-16-9-7-8-15(13-16)10-11-18-14(2)17(20)19(3)4/h6-8,21H,4-5,9-12H2,1-3H3;7-9,13-14,18H,5-6,10-12H2,1-4H3/t;14-/m.1/s1. The van der Waals surface area contributed by atoms with E-state index >= 15 is 0 Å². The highest BCUT2D eigenvalue weighted by Gasteiger charge is 2.36. The van der Waals surface area contributed by atoms with Crippen molar-refractivity contribution in [3.8, 4) is 11.5 Å². The average Bonchev–Trinajstić information content (AvgIpc) is 2.99. The van der Waals surface area contributed by atoms with Crippen LogP contribution in [-0.4, -0.2) is 88.7 Å². The molecule has 0 bridgehead atoms. The van der Waals surface area contributed by atoms with E-state index in [1.165, 1.54) is 22.6 Å². The summed E-state index contributed by atoms with van der Waals surface area (Å²) < 4.78 is 51.2. The van der Waals surface area contributed by atoms with Gasteiger partial charge in [0.05, 0.1) is 25.8 Å². The lowest BCUT2D eigenvalue weighted by Crippen LogP contribution is -2.42. The summed E-state index contributed by atoms with van der Waals surface area (Å²) in [7, 11) is 6.81. The van der Waals surface area contributed by atoms with Crippen LogP contribution in [0.4, 0.5) is 13.2 Å². The van der Waals surface area contributed by atoms with Gasteiger partial charge in [-0.15, -0.1) is 0 Å². The summed E-state index contributed by atoms with van der Waals surface area (Å²) in [5, 5.41) is 6.12. The molecular formula is C34H53F3N4O4. The Kier molecular flexibility index (Phi) is 18.9. The van der Waals surface area contributed by atoms with Gasteiger partial charge in [0.2, 0.25) is 11.8 Å². The lowest BCUT2D eigenvalue weighted by Gasteiger charge is -2.18. The number of likely N-dealkylation sites (N-methyl/N-ethyl adjacent to an activating group) is 2. The van der Waals surface area contributed by atoms with Crippen LogP contribution in [0.5, 0.6) is 11.5 Å². The van der Waals surface area contributed by atoms with Crippen molar-refractivity contribution < 1.29 is 32.2 Å². The Balaban J connectivity index is 0.000000454. The van der Waals surface area contributed by atoms with Crippen LogP contribution in [0.2, 0.25) is 0 Å². The predicted octanol–water partition coefficient (Wildman–Crippen LogP) is 5.58. The first kappa shape index (κ1) is 39.7. The molecule has 0 unspecified atom stereocenters. The quantitative estimate of drug-likeness (QED) is 0.208. The number of halogens is 3. The first-order chi connectivity index (χ1) is 21.3. The summed E-state index contributed by atoms with van der Waals surface area (Å²) in [6.45, 7) is 8.19. The molecule has 45 heavy (non-hydrogen) atoms. The van der Waals surface area contributed by atoms with Crippen LogP contribution in [0.25, 0.3) is 0 Å². The average molecular weight is 639 g/mol. The van der Waals surface area contributed by atoms with E-state index in [9.17, 15) is 22.8 Å². The first-order valence-electron chi connectivity index (χ1n) is 15.7. The normalized spacial score (nSPS) is 11.7. The fraction of sp³-hybridized carbons (Fsp3) is 0.588. The maximum absolute atomic E-state index is 13.4. The molecule has 8 nitrogen and oxygen atoms in total. The van der Waals surface area contributed by atoms with Crippen molar-refractivity contribution >= 4 is 11.8 Å². The molecule has 0 aliphatic heterocycles. The predicted molar refractivity (Wildman–Crippen MR) is 174 cm³/mol. The molecule has 2 amide bonds. The van der Waals surface area contributed by atoms with E-state index in [1.54, 1.807) is 39.2 Å². The monoisotopic (exact) mass is 638 g/mol. The summed E-state index contributed by atoms with van der Waals surface area (Å²) in [6, 6.07) is 12.4. The van der Waals surface area contributed by atoms with E-state index in [1.807, 2.05) is 26.0 Å². The Morgan fingerprint density at radius 3 is 2.11 bits per heavy atom. The molecule has 2 rings (SSSR count). The molecule has 0 saturated carbocycles. The zero-order valence-corrected chi connectivity index (χ0v) is 28.1. The number of benzene rings is 2. The number of rotatable bonds is 18. The third-order valence-electron chi connectivity index (χ3n) is 6.84.